The van der Waals surface area contributed by atoms with Crippen LogP contribution in [0.1, 0.15) is 39.0 Å². The number of hydrogen-bond acceptors (Lipinski definition) is 8. The number of thiazole rings is 2. The lowest BCUT2D eigenvalue weighted by Crippen LogP contribution is -2.49. The molecule has 2 fully saturated rings. The van der Waals surface area contributed by atoms with Gasteiger partial charge in [-0.3, -0.25) is 19.4 Å². The Morgan fingerprint density at radius 2 is 1.94 bits per heavy atom. The van der Waals surface area contributed by atoms with E-state index < -0.39 is 0 Å². The van der Waals surface area contributed by atoms with Crippen LogP contribution in [0.15, 0.2) is 35.5 Å². The zero-order valence-corrected chi connectivity index (χ0v) is 20.4. The molecule has 3 atom stereocenters. The lowest BCUT2D eigenvalue weighted by atomic mass is 9.96. The number of aromatic amines is 1. The first kappa shape index (κ1) is 21.0. The van der Waals surface area contributed by atoms with Crippen LogP contribution in [-0.4, -0.2) is 61.4 Å². The minimum Gasteiger partial charge on any atom is -0.348 e. The molecule has 2 aliphatic heterocycles. The van der Waals surface area contributed by atoms with Gasteiger partial charge in [-0.25, -0.2) is 9.97 Å². The smallest absolute Gasteiger partial charge is 0.257 e. The summed E-state index contributed by atoms with van der Waals surface area (Å²) in [6.07, 6.45) is 11.6. The van der Waals surface area contributed by atoms with Crippen LogP contribution in [0, 0.1) is 0 Å². The quantitative estimate of drug-likeness (QED) is 0.446. The summed E-state index contributed by atoms with van der Waals surface area (Å²) in [6, 6.07) is 5.51. The maximum atomic E-state index is 12.7. The summed E-state index contributed by atoms with van der Waals surface area (Å²) in [7, 11) is 2.18. The zero-order chi connectivity index (χ0) is 22.5. The molecule has 4 aromatic rings. The molecule has 0 aliphatic carbocycles. The van der Waals surface area contributed by atoms with E-state index in [0.29, 0.717) is 11.2 Å². The van der Waals surface area contributed by atoms with Crippen molar-refractivity contribution in [1.29, 1.82) is 0 Å². The molecule has 2 aliphatic rings. The first-order valence-electron chi connectivity index (χ1n) is 11.6. The van der Waals surface area contributed by atoms with Gasteiger partial charge < -0.3 is 4.90 Å². The molecule has 0 saturated carbocycles. The first-order chi connectivity index (χ1) is 16.1. The van der Waals surface area contributed by atoms with Crippen LogP contribution < -0.4 is 10.5 Å². The van der Waals surface area contributed by atoms with Gasteiger partial charge in [-0.1, -0.05) is 29.6 Å². The van der Waals surface area contributed by atoms with Gasteiger partial charge in [-0.2, -0.15) is 5.10 Å². The highest BCUT2D eigenvalue weighted by atomic mass is 32.1. The van der Waals surface area contributed by atoms with Gasteiger partial charge in [-0.15, -0.1) is 0 Å². The topological polar surface area (TPSA) is 82.9 Å². The van der Waals surface area contributed by atoms with Gasteiger partial charge in [0, 0.05) is 49.2 Å². The minimum atomic E-state index is -0.109. The molecule has 1 unspecified atom stereocenters. The van der Waals surface area contributed by atoms with Gasteiger partial charge in [0.2, 0.25) is 0 Å². The molecule has 8 nitrogen and oxygen atoms in total. The van der Waals surface area contributed by atoms with E-state index >= 15 is 0 Å². The maximum Gasteiger partial charge on any atom is 0.257 e. The summed E-state index contributed by atoms with van der Waals surface area (Å²) >= 11 is 3.10. The lowest BCUT2D eigenvalue weighted by Gasteiger charge is -2.42. The fraction of sp³-hybridized carbons (Fsp3) is 0.478. The molecule has 4 aromatic heterocycles. The van der Waals surface area contributed by atoms with Crippen molar-refractivity contribution in [1.82, 2.24) is 29.6 Å². The molecule has 6 rings (SSSR count). The molecule has 0 amide bonds. The van der Waals surface area contributed by atoms with Crippen molar-refractivity contribution in [3.63, 3.8) is 0 Å². The molecule has 6 heterocycles. The van der Waals surface area contributed by atoms with Gasteiger partial charge >= 0.3 is 0 Å². The van der Waals surface area contributed by atoms with Crippen LogP contribution >= 0.6 is 22.7 Å². The SMILES string of the molecule is CCCN1[C@@H]2CC[C@H]1CC(N(C)c1nc3sc(-n4ccc(-c5cn[nH]c5)cc4=O)nc3s1)C2. The summed E-state index contributed by atoms with van der Waals surface area (Å²) in [6.45, 7) is 3.51. The molecule has 0 aromatic carbocycles. The van der Waals surface area contributed by atoms with Crippen molar-refractivity contribution in [3.8, 4) is 16.3 Å². The van der Waals surface area contributed by atoms with E-state index in [-0.39, 0.29) is 5.56 Å². The van der Waals surface area contributed by atoms with Gasteiger partial charge in [0.05, 0.1) is 6.20 Å². The molecule has 1 N–H and O–H groups in total. The highest BCUT2D eigenvalue weighted by Crippen LogP contribution is 2.40. The first-order valence-corrected chi connectivity index (χ1v) is 13.2. The number of anilines is 1. The number of hydrogen-bond donors (Lipinski definition) is 1. The summed E-state index contributed by atoms with van der Waals surface area (Å²) in [4.78, 5) is 29.3. The van der Waals surface area contributed by atoms with E-state index in [2.05, 4.69) is 34.0 Å². The second-order valence-electron chi connectivity index (χ2n) is 9.07. The monoisotopic (exact) mass is 481 g/mol. The number of rotatable bonds is 6. The fourth-order valence-electron chi connectivity index (χ4n) is 5.44. The third-order valence-electron chi connectivity index (χ3n) is 7.10. The van der Waals surface area contributed by atoms with Crippen LogP contribution in [-0.2, 0) is 0 Å². The molecule has 0 spiro atoms. The van der Waals surface area contributed by atoms with Crippen molar-refractivity contribution in [2.24, 2.45) is 0 Å². The Hall–Kier alpha value is -2.56. The van der Waals surface area contributed by atoms with E-state index in [1.807, 2.05) is 6.07 Å². The Bertz CT molecular complexity index is 1280. The highest BCUT2D eigenvalue weighted by Gasteiger charge is 2.41. The standard InChI is InChI=1S/C23H27N7OS2/c1-3-7-29-16-4-5-17(29)11-18(10-16)28(2)22-26-20-21(32-22)27-23(33-20)30-8-6-14(9-19(30)31)15-12-24-25-13-15/h6,8-9,12-13,16-18H,3-5,7,10-11H2,1-2H3,(H,24,25)/t16-,17+,18?. The van der Waals surface area contributed by atoms with Crippen LogP contribution in [0.4, 0.5) is 5.13 Å². The Labute approximate surface area is 199 Å². The molecular weight excluding hydrogens is 454 g/mol. The molecule has 0 radical (unpaired) electrons. The highest BCUT2D eigenvalue weighted by molar-refractivity contribution is 7.29. The number of fused-ring (bicyclic) bond motifs is 3. The van der Waals surface area contributed by atoms with Crippen molar-refractivity contribution >= 4 is 37.5 Å². The van der Waals surface area contributed by atoms with Gasteiger partial charge in [0.15, 0.2) is 19.9 Å². The normalized spacial score (nSPS) is 22.9. The second kappa shape index (κ2) is 8.34. The summed E-state index contributed by atoms with van der Waals surface area (Å²) in [5, 5.41) is 8.43. The molecule has 2 saturated heterocycles. The maximum absolute atomic E-state index is 12.7. The molecule has 2 bridgehead atoms. The van der Waals surface area contributed by atoms with E-state index in [4.69, 9.17) is 9.97 Å². The van der Waals surface area contributed by atoms with Gasteiger partial charge in [-0.05, 0) is 50.3 Å². The van der Waals surface area contributed by atoms with Gasteiger partial charge in [0.25, 0.3) is 5.56 Å². The lowest BCUT2D eigenvalue weighted by molar-refractivity contribution is 0.126. The Morgan fingerprint density at radius 3 is 2.61 bits per heavy atom. The number of nitrogens with one attached hydrogen (secondary N) is 1. The van der Waals surface area contributed by atoms with Crippen molar-refractivity contribution in [2.45, 2.75) is 57.2 Å². The number of pyridine rings is 1. The number of piperidine rings is 1. The Kier molecular flexibility index (Phi) is 5.31. The number of aromatic nitrogens is 5. The third kappa shape index (κ3) is 3.70. The molecule has 172 valence electrons. The second-order valence-corrected chi connectivity index (χ2v) is 11.0. The largest absolute Gasteiger partial charge is 0.348 e. The average molecular weight is 482 g/mol. The van der Waals surface area contributed by atoms with Crippen molar-refractivity contribution in [3.05, 3.63) is 41.1 Å². The van der Waals surface area contributed by atoms with Crippen LogP contribution in [0.5, 0.6) is 0 Å². The summed E-state index contributed by atoms with van der Waals surface area (Å²) in [5.41, 5.74) is 1.62. The molecular formula is C23H27N7OS2. The molecule has 33 heavy (non-hydrogen) atoms. The van der Waals surface area contributed by atoms with Crippen LogP contribution in [0.3, 0.4) is 0 Å². The van der Waals surface area contributed by atoms with Crippen LogP contribution in [0.2, 0.25) is 0 Å². The van der Waals surface area contributed by atoms with E-state index in [0.717, 1.165) is 38.0 Å². The summed E-state index contributed by atoms with van der Waals surface area (Å²) in [5.74, 6) is 0. The zero-order valence-electron chi connectivity index (χ0n) is 18.8. The Balaban J connectivity index is 1.22. The predicted octanol–water partition coefficient (Wildman–Crippen LogP) is 4.14. The van der Waals surface area contributed by atoms with Crippen LogP contribution in [0.25, 0.3) is 25.9 Å². The third-order valence-corrected chi connectivity index (χ3v) is 9.22. The van der Waals surface area contributed by atoms with E-state index in [1.54, 1.807) is 40.6 Å². The average Bonchev–Trinajstić information content (AvgIpc) is 3.57. The van der Waals surface area contributed by atoms with E-state index in [9.17, 15) is 4.79 Å². The minimum absolute atomic E-state index is 0.109. The van der Waals surface area contributed by atoms with E-state index in [1.165, 1.54) is 50.0 Å². The fourth-order valence-corrected chi connectivity index (χ4v) is 7.50. The van der Waals surface area contributed by atoms with Crippen molar-refractivity contribution in [2.75, 3.05) is 18.5 Å². The summed E-state index contributed by atoms with van der Waals surface area (Å²) < 4.78 is 1.59. The number of nitrogens with zero attached hydrogens (tertiary/aromatic N) is 6. The molecule has 10 heteroatoms. The Morgan fingerprint density at radius 1 is 1.15 bits per heavy atom. The van der Waals surface area contributed by atoms with Crippen molar-refractivity contribution < 1.29 is 0 Å². The van der Waals surface area contributed by atoms with Gasteiger partial charge in [0.1, 0.15) is 0 Å². The number of H-pyrrole nitrogens is 1. The predicted molar refractivity (Wildman–Crippen MR) is 134 cm³/mol.